The van der Waals surface area contributed by atoms with Crippen LogP contribution in [0, 0.1) is 0 Å². The number of benzene rings is 2. The maximum Gasteiger partial charge on any atom is 0.416 e. The molecule has 0 bridgehead atoms. The summed E-state index contributed by atoms with van der Waals surface area (Å²) in [5.41, 5.74) is 0.672. The Balaban J connectivity index is 1.63. The van der Waals surface area contributed by atoms with Gasteiger partial charge in [0.25, 0.3) is 5.91 Å². The molecule has 0 aliphatic rings. The molecule has 2 aromatic heterocycles. The van der Waals surface area contributed by atoms with Crippen molar-refractivity contribution in [3.63, 3.8) is 0 Å². The Labute approximate surface area is 156 Å². The summed E-state index contributed by atoms with van der Waals surface area (Å²) in [6.45, 7) is 0.247. The monoisotopic (exact) mass is 386 g/mol. The summed E-state index contributed by atoms with van der Waals surface area (Å²) < 4.78 is 44.6. The summed E-state index contributed by atoms with van der Waals surface area (Å²) in [6.07, 6.45) is -3.02. The second-order valence-electron chi connectivity index (χ2n) is 6.05. The first-order valence-electron chi connectivity index (χ1n) is 8.25. The van der Waals surface area contributed by atoms with E-state index in [1.165, 1.54) is 24.4 Å². The van der Waals surface area contributed by atoms with Crippen molar-refractivity contribution in [3.8, 4) is 0 Å². The molecule has 0 spiro atoms. The molecule has 0 atom stereocenters. The topological polar surface area (TPSA) is 73.0 Å². The summed E-state index contributed by atoms with van der Waals surface area (Å²) >= 11 is 0. The maximum absolute atomic E-state index is 12.7. The molecule has 1 N–H and O–H groups in total. The number of rotatable bonds is 4. The first-order chi connectivity index (χ1) is 13.4. The van der Waals surface area contributed by atoms with E-state index >= 15 is 0 Å². The number of hydrogen-bond donors (Lipinski definition) is 1. The molecule has 2 aromatic carbocycles. The van der Waals surface area contributed by atoms with Crippen molar-refractivity contribution < 1.29 is 22.5 Å². The minimum atomic E-state index is -4.38. The van der Waals surface area contributed by atoms with Crippen LogP contribution in [0.2, 0.25) is 0 Å². The van der Waals surface area contributed by atoms with Crippen LogP contribution in [-0.4, -0.2) is 20.8 Å². The van der Waals surface area contributed by atoms with Gasteiger partial charge in [-0.2, -0.15) is 18.3 Å². The van der Waals surface area contributed by atoms with Crippen LogP contribution in [0.5, 0.6) is 0 Å². The molecule has 4 aromatic rings. The number of aromatic nitrogens is 3. The van der Waals surface area contributed by atoms with Crippen LogP contribution < -0.4 is 5.32 Å². The number of carbonyl (C=O) groups is 1. The zero-order valence-electron chi connectivity index (χ0n) is 14.3. The van der Waals surface area contributed by atoms with Crippen LogP contribution in [0.4, 0.5) is 19.0 Å². The van der Waals surface area contributed by atoms with Crippen LogP contribution in [-0.2, 0) is 12.7 Å². The van der Waals surface area contributed by atoms with E-state index in [1.54, 1.807) is 16.8 Å². The molecule has 0 fully saturated rings. The molecule has 2 heterocycles. The van der Waals surface area contributed by atoms with Gasteiger partial charge in [-0.3, -0.25) is 9.48 Å². The predicted molar refractivity (Wildman–Crippen MR) is 94.7 cm³/mol. The van der Waals surface area contributed by atoms with Crippen LogP contribution in [0.25, 0.3) is 10.9 Å². The lowest BCUT2D eigenvalue weighted by Gasteiger charge is -2.08. The Morgan fingerprint density at radius 1 is 1.07 bits per heavy atom. The molecule has 0 saturated heterocycles. The number of halogens is 3. The fourth-order valence-electron chi connectivity index (χ4n) is 2.81. The minimum absolute atomic E-state index is 0.0429. The second kappa shape index (κ2) is 6.84. The Hall–Kier alpha value is -3.62. The highest BCUT2D eigenvalue weighted by Crippen LogP contribution is 2.29. The van der Waals surface area contributed by atoms with E-state index in [2.05, 4.69) is 15.6 Å². The van der Waals surface area contributed by atoms with Crippen LogP contribution in [0.1, 0.15) is 21.7 Å². The fourth-order valence-corrected chi connectivity index (χ4v) is 2.81. The molecule has 142 valence electrons. The maximum atomic E-state index is 12.7. The van der Waals surface area contributed by atoms with Crippen LogP contribution >= 0.6 is 0 Å². The summed E-state index contributed by atoms with van der Waals surface area (Å²) in [6, 6.07) is 13.5. The largest absolute Gasteiger partial charge is 0.416 e. The van der Waals surface area contributed by atoms with Gasteiger partial charge in [0.05, 0.1) is 23.8 Å². The van der Waals surface area contributed by atoms with E-state index in [-0.39, 0.29) is 12.3 Å². The van der Waals surface area contributed by atoms with Gasteiger partial charge in [0.1, 0.15) is 0 Å². The zero-order chi connectivity index (χ0) is 19.7. The normalized spacial score (nSPS) is 11.7. The van der Waals surface area contributed by atoms with Crippen molar-refractivity contribution in [1.82, 2.24) is 14.9 Å². The van der Waals surface area contributed by atoms with E-state index in [1.807, 2.05) is 12.1 Å². The number of nitrogens with zero attached hydrogens (tertiary/aromatic N) is 3. The summed E-state index contributed by atoms with van der Waals surface area (Å²) in [5, 5.41) is 11.3. The number of nitrogens with one attached hydrogen (secondary N) is 1. The molecule has 0 saturated carbocycles. The number of hydrogen-bond acceptors (Lipinski definition) is 4. The number of fused-ring (bicyclic) bond motifs is 1. The van der Waals surface area contributed by atoms with Gasteiger partial charge in [0.2, 0.25) is 5.76 Å². The Morgan fingerprint density at radius 3 is 2.50 bits per heavy atom. The number of alkyl halides is 3. The third-order valence-corrected chi connectivity index (χ3v) is 4.17. The number of anilines is 1. The third kappa shape index (κ3) is 3.46. The lowest BCUT2D eigenvalue weighted by atomic mass is 10.1. The fraction of sp³-hybridized carbons (Fsp3) is 0.105. The molecule has 0 aliphatic heterocycles. The van der Waals surface area contributed by atoms with Gasteiger partial charge >= 0.3 is 6.18 Å². The Bertz CT molecular complexity index is 1120. The van der Waals surface area contributed by atoms with Gasteiger partial charge in [-0.15, -0.1) is 0 Å². The first-order valence-corrected chi connectivity index (χ1v) is 8.25. The van der Waals surface area contributed by atoms with Gasteiger partial charge < -0.3 is 9.84 Å². The number of para-hydroxylation sites is 1. The highest BCUT2D eigenvalue weighted by molar-refractivity contribution is 6.06. The molecule has 28 heavy (non-hydrogen) atoms. The zero-order valence-corrected chi connectivity index (χ0v) is 14.3. The van der Waals surface area contributed by atoms with Crippen LogP contribution in [0.15, 0.2) is 65.3 Å². The Morgan fingerprint density at radius 2 is 1.82 bits per heavy atom. The average molecular weight is 386 g/mol. The molecule has 9 heteroatoms. The number of amides is 1. The van der Waals surface area contributed by atoms with Gasteiger partial charge in [-0.05, 0) is 29.8 Å². The van der Waals surface area contributed by atoms with Gasteiger partial charge in [-0.25, -0.2) is 0 Å². The van der Waals surface area contributed by atoms with Crippen molar-refractivity contribution >= 4 is 22.6 Å². The first kappa shape index (κ1) is 17.8. The smallest absolute Gasteiger partial charge is 0.351 e. The van der Waals surface area contributed by atoms with Gasteiger partial charge in [-0.1, -0.05) is 29.4 Å². The molecular weight excluding hydrogens is 373 g/mol. The highest BCUT2D eigenvalue weighted by atomic mass is 19.4. The van der Waals surface area contributed by atoms with Crippen molar-refractivity contribution in [1.29, 1.82) is 0 Å². The van der Waals surface area contributed by atoms with Crippen molar-refractivity contribution in [2.45, 2.75) is 12.7 Å². The summed E-state index contributed by atoms with van der Waals surface area (Å²) in [5.74, 6) is -0.132. The molecule has 0 radical (unpaired) electrons. The lowest BCUT2D eigenvalue weighted by Crippen LogP contribution is -2.12. The molecule has 0 aliphatic carbocycles. The standard InChI is InChI=1S/C19H13F3N4O2/c20-19(21,22)13-7-5-12(6-8-13)11-26-15-4-2-1-3-14(15)17(25-26)24-18(27)16-9-10-23-28-16/h1-10H,11H2,(H,24,25,27). The molecule has 1 amide bonds. The molecule has 0 unspecified atom stereocenters. The van der Waals surface area contributed by atoms with Crippen molar-refractivity contribution in [2.24, 2.45) is 0 Å². The summed E-state index contributed by atoms with van der Waals surface area (Å²) in [7, 11) is 0. The van der Waals surface area contributed by atoms with Gasteiger partial charge in [0, 0.05) is 11.5 Å². The predicted octanol–water partition coefficient (Wildman–Crippen LogP) is 4.34. The van der Waals surface area contributed by atoms with Crippen LogP contribution in [0.3, 0.4) is 0 Å². The summed E-state index contributed by atoms with van der Waals surface area (Å²) in [4.78, 5) is 12.2. The number of carbonyl (C=O) groups excluding carboxylic acids is 1. The van der Waals surface area contributed by atoms with E-state index in [0.29, 0.717) is 16.8 Å². The van der Waals surface area contributed by atoms with E-state index in [9.17, 15) is 18.0 Å². The van der Waals surface area contributed by atoms with Gasteiger partial charge in [0.15, 0.2) is 5.82 Å². The molecular formula is C19H13F3N4O2. The minimum Gasteiger partial charge on any atom is -0.351 e. The quantitative estimate of drug-likeness (QED) is 0.566. The van der Waals surface area contributed by atoms with E-state index in [0.717, 1.165) is 17.6 Å². The Kier molecular flexibility index (Phi) is 4.34. The SMILES string of the molecule is O=C(Nc1nn(Cc2ccc(C(F)(F)F)cc2)c2ccccc12)c1ccno1. The molecule has 4 rings (SSSR count). The third-order valence-electron chi connectivity index (χ3n) is 4.17. The molecule has 6 nitrogen and oxygen atoms in total. The highest BCUT2D eigenvalue weighted by Gasteiger charge is 2.30. The average Bonchev–Trinajstić information content (AvgIpc) is 3.31. The lowest BCUT2D eigenvalue weighted by molar-refractivity contribution is -0.137. The van der Waals surface area contributed by atoms with E-state index in [4.69, 9.17) is 4.52 Å². The van der Waals surface area contributed by atoms with E-state index < -0.39 is 17.6 Å². The van der Waals surface area contributed by atoms with Crippen molar-refractivity contribution in [2.75, 3.05) is 5.32 Å². The second-order valence-corrected chi connectivity index (χ2v) is 6.05. The van der Waals surface area contributed by atoms with Crippen molar-refractivity contribution in [3.05, 3.63) is 77.7 Å².